The molecular weight excluding hydrogens is 204 g/mol. The lowest BCUT2D eigenvalue weighted by Gasteiger charge is -2.14. The molecule has 1 amide bonds. The van der Waals surface area contributed by atoms with Crippen molar-refractivity contribution in [3.63, 3.8) is 0 Å². The van der Waals surface area contributed by atoms with Crippen LogP contribution in [0.5, 0.6) is 0 Å². The fraction of sp³-hybridized carbons (Fsp3) is 0.0909. The van der Waals surface area contributed by atoms with Gasteiger partial charge < -0.3 is 11.1 Å². The number of hydrogen-bond donors (Lipinski definition) is 2. The zero-order valence-electron chi connectivity index (χ0n) is 8.47. The summed E-state index contributed by atoms with van der Waals surface area (Å²) in [6.07, 6.45) is 1.74. The lowest BCUT2D eigenvalue weighted by Crippen LogP contribution is -2.24. The number of primary amides is 1. The fourth-order valence-corrected chi connectivity index (χ4v) is 1.83. The molecule has 80 valence electrons. The van der Waals surface area contributed by atoms with Crippen LogP contribution in [-0.4, -0.2) is 22.0 Å². The first-order valence-electron chi connectivity index (χ1n) is 4.97. The van der Waals surface area contributed by atoms with Gasteiger partial charge in [0.15, 0.2) is 0 Å². The minimum Gasteiger partial charge on any atom is -0.366 e. The van der Waals surface area contributed by atoms with Gasteiger partial charge in [0, 0.05) is 12.7 Å². The van der Waals surface area contributed by atoms with Gasteiger partial charge in [-0.1, -0.05) is 12.1 Å². The van der Waals surface area contributed by atoms with Crippen LogP contribution in [0, 0.1) is 0 Å². The van der Waals surface area contributed by atoms with Crippen LogP contribution in [0.3, 0.4) is 0 Å². The first kappa shape index (κ1) is 8.96. The first-order valence-corrected chi connectivity index (χ1v) is 4.97. The van der Waals surface area contributed by atoms with Crippen molar-refractivity contribution in [3.05, 3.63) is 29.8 Å². The van der Waals surface area contributed by atoms with E-state index in [2.05, 4.69) is 10.3 Å². The number of anilines is 1. The molecule has 0 saturated carbocycles. The van der Waals surface area contributed by atoms with E-state index < -0.39 is 5.91 Å². The second-order valence-corrected chi connectivity index (χ2v) is 3.67. The van der Waals surface area contributed by atoms with Crippen LogP contribution in [0.1, 0.15) is 0 Å². The van der Waals surface area contributed by atoms with Gasteiger partial charge >= 0.3 is 0 Å². The molecule has 1 aromatic carbocycles. The van der Waals surface area contributed by atoms with Crippen LogP contribution in [0.2, 0.25) is 0 Å². The Bertz CT molecular complexity index is 611. The molecular formula is C11H10N4O. The molecule has 0 spiro atoms. The van der Waals surface area contributed by atoms with Crippen molar-refractivity contribution in [1.82, 2.24) is 9.55 Å². The smallest absolute Gasteiger partial charge is 0.247 e. The zero-order valence-corrected chi connectivity index (χ0v) is 8.47. The van der Waals surface area contributed by atoms with E-state index in [1.165, 1.54) is 0 Å². The summed E-state index contributed by atoms with van der Waals surface area (Å²) in [4.78, 5) is 15.5. The lowest BCUT2D eigenvalue weighted by atomic mass is 10.2. The average Bonchev–Trinajstić information content (AvgIpc) is 2.66. The standard InChI is InChI=1S/C11H10N4O/c12-10(16)7-5-13-11-14-8-3-1-2-4-9(8)15(11)6-7/h1-4,6H,5H2,(H2,12,16)(H,13,14). The van der Waals surface area contributed by atoms with E-state index in [1.54, 1.807) is 6.20 Å². The van der Waals surface area contributed by atoms with Gasteiger partial charge in [-0.15, -0.1) is 0 Å². The fourth-order valence-electron chi connectivity index (χ4n) is 1.83. The van der Waals surface area contributed by atoms with Crippen LogP contribution in [0.15, 0.2) is 29.8 Å². The number of benzene rings is 1. The van der Waals surface area contributed by atoms with Gasteiger partial charge in [0.25, 0.3) is 0 Å². The van der Waals surface area contributed by atoms with Crippen molar-refractivity contribution in [2.75, 3.05) is 11.9 Å². The molecule has 3 N–H and O–H groups in total. The van der Waals surface area contributed by atoms with E-state index in [-0.39, 0.29) is 0 Å². The molecule has 5 heteroatoms. The Morgan fingerprint density at radius 1 is 1.44 bits per heavy atom. The largest absolute Gasteiger partial charge is 0.366 e. The van der Waals surface area contributed by atoms with E-state index >= 15 is 0 Å². The summed E-state index contributed by atoms with van der Waals surface area (Å²) in [6, 6.07) is 7.75. The van der Waals surface area contributed by atoms with E-state index in [9.17, 15) is 4.79 Å². The molecule has 0 saturated heterocycles. The number of rotatable bonds is 1. The predicted molar refractivity (Wildman–Crippen MR) is 61.7 cm³/mol. The summed E-state index contributed by atoms with van der Waals surface area (Å²) in [5.74, 6) is 0.335. The minimum absolute atomic E-state index is 0.407. The molecule has 1 aromatic heterocycles. The summed E-state index contributed by atoms with van der Waals surface area (Å²) < 4.78 is 1.85. The molecule has 1 aliphatic rings. The number of nitrogens with two attached hydrogens (primary N) is 1. The summed E-state index contributed by atoms with van der Waals surface area (Å²) in [5.41, 5.74) is 7.66. The normalized spacial score (nSPS) is 14.1. The number of aromatic nitrogens is 2. The minimum atomic E-state index is -0.407. The van der Waals surface area contributed by atoms with Gasteiger partial charge in [0.2, 0.25) is 11.9 Å². The second kappa shape index (κ2) is 3.10. The quantitative estimate of drug-likeness (QED) is 0.737. The molecule has 2 aromatic rings. The van der Waals surface area contributed by atoms with Crippen molar-refractivity contribution in [2.45, 2.75) is 0 Å². The third-order valence-corrected chi connectivity index (χ3v) is 2.63. The molecule has 0 unspecified atom stereocenters. The number of nitrogens with one attached hydrogen (secondary N) is 1. The second-order valence-electron chi connectivity index (χ2n) is 3.67. The van der Waals surface area contributed by atoms with Crippen molar-refractivity contribution in [2.24, 2.45) is 5.73 Å². The van der Waals surface area contributed by atoms with Crippen molar-refractivity contribution < 1.29 is 4.79 Å². The number of carbonyl (C=O) groups excluding carboxylic acids is 1. The molecule has 16 heavy (non-hydrogen) atoms. The number of fused-ring (bicyclic) bond motifs is 3. The van der Waals surface area contributed by atoms with Gasteiger partial charge in [-0.25, -0.2) is 4.98 Å². The van der Waals surface area contributed by atoms with Crippen LogP contribution >= 0.6 is 0 Å². The predicted octanol–water partition coefficient (Wildman–Crippen LogP) is 0.788. The molecule has 0 atom stereocenters. The number of amides is 1. The summed E-state index contributed by atoms with van der Waals surface area (Å²) in [5, 5.41) is 3.07. The molecule has 1 aliphatic heterocycles. The molecule has 0 fully saturated rings. The SMILES string of the molecule is NC(=O)C1=Cn2c(nc3ccccc32)NC1. The van der Waals surface area contributed by atoms with Gasteiger partial charge in [-0.05, 0) is 12.1 Å². The lowest BCUT2D eigenvalue weighted by molar-refractivity contribution is -0.114. The molecule has 2 heterocycles. The van der Waals surface area contributed by atoms with Crippen LogP contribution in [0.4, 0.5) is 5.95 Å². The Labute approximate surface area is 91.6 Å². The van der Waals surface area contributed by atoms with E-state index in [1.807, 2.05) is 28.8 Å². The zero-order chi connectivity index (χ0) is 11.1. The Kier molecular flexibility index (Phi) is 1.73. The molecule has 0 radical (unpaired) electrons. The molecule has 3 rings (SSSR count). The number of nitrogens with zero attached hydrogens (tertiary/aromatic N) is 2. The maximum atomic E-state index is 11.1. The van der Waals surface area contributed by atoms with E-state index in [0.717, 1.165) is 17.0 Å². The average molecular weight is 214 g/mol. The summed E-state index contributed by atoms with van der Waals surface area (Å²) in [7, 11) is 0. The van der Waals surface area contributed by atoms with Gasteiger partial charge in [-0.3, -0.25) is 9.36 Å². The van der Waals surface area contributed by atoms with E-state index in [0.29, 0.717) is 12.1 Å². The number of hydrogen-bond acceptors (Lipinski definition) is 3. The van der Waals surface area contributed by atoms with Crippen molar-refractivity contribution in [3.8, 4) is 0 Å². The van der Waals surface area contributed by atoms with Crippen LogP contribution in [0.25, 0.3) is 17.2 Å². The monoisotopic (exact) mass is 214 g/mol. The van der Waals surface area contributed by atoms with Crippen LogP contribution in [-0.2, 0) is 4.79 Å². The van der Waals surface area contributed by atoms with Crippen molar-refractivity contribution >= 4 is 29.1 Å². The Morgan fingerprint density at radius 2 is 2.25 bits per heavy atom. The van der Waals surface area contributed by atoms with Gasteiger partial charge in [-0.2, -0.15) is 0 Å². The molecule has 5 nitrogen and oxygen atoms in total. The Hall–Kier alpha value is -2.30. The van der Waals surface area contributed by atoms with Crippen molar-refractivity contribution in [1.29, 1.82) is 0 Å². The highest BCUT2D eigenvalue weighted by Crippen LogP contribution is 2.23. The number of para-hydroxylation sites is 2. The third-order valence-electron chi connectivity index (χ3n) is 2.63. The van der Waals surface area contributed by atoms with Crippen LogP contribution < -0.4 is 11.1 Å². The highest BCUT2D eigenvalue weighted by Gasteiger charge is 2.16. The molecule has 0 bridgehead atoms. The third kappa shape index (κ3) is 1.18. The number of imidazole rings is 1. The summed E-state index contributed by atoms with van der Waals surface area (Å²) in [6.45, 7) is 0.429. The van der Waals surface area contributed by atoms with Gasteiger partial charge in [0.1, 0.15) is 0 Å². The highest BCUT2D eigenvalue weighted by molar-refractivity contribution is 5.98. The maximum Gasteiger partial charge on any atom is 0.247 e. The van der Waals surface area contributed by atoms with E-state index in [4.69, 9.17) is 5.73 Å². The summed E-state index contributed by atoms with van der Waals surface area (Å²) >= 11 is 0. The topological polar surface area (TPSA) is 72.9 Å². The maximum absolute atomic E-state index is 11.1. The Morgan fingerprint density at radius 3 is 3.06 bits per heavy atom. The highest BCUT2D eigenvalue weighted by atomic mass is 16.1. The molecule has 0 aliphatic carbocycles. The number of carbonyl (C=O) groups is 1. The first-order chi connectivity index (χ1) is 7.75. The Balaban J connectivity index is 2.26. The van der Waals surface area contributed by atoms with Gasteiger partial charge in [0.05, 0.1) is 16.6 Å².